The average molecular weight is 305 g/mol. The third kappa shape index (κ3) is 4.21. The molecule has 1 unspecified atom stereocenters. The maximum atomic E-state index is 11.9. The summed E-state index contributed by atoms with van der Waals surface area (Å²) in [5.74, 6) is -0.543. The van der Waals surface area contributed by atoms with Crippen LogP contribution in [0.4, 0.5) is 5.69 Å². The van der Waals surface area contributed by atoms with Gasteiger partial charge in [-0.05, 0) is 26.0 Å². The summed E-state index contributed by atoms with van der Waals surface area (Å²) in [5, 5.41) is 7.81. The highest BCUT2D eigenvalue weighted by Crippen LogP contribution is 2.29. The second-order valence-corrected chi connectivity index (χ2v) is 5.29. The maximum Gasteiger partial charge on any atom is 0.266 e. The summed E-state index contributed by atoms with van der Waals surface area (Å²) in [6.45, 7) is 3.54. The molecule has 22 heavy (non-hydrogen) atoms. The maximum absolute atomic E-state index is 11.9. The van der Waals surface area contributed by atoms with Crippen molar-refractivity contribution in [3.63, 3.8) is 0 Å². The van der Waals surface area contributed by atoms with E-state index in [1.54, 1.807) is 24.3 Å². The summed E-state index contributed by atoms with van der Waals surface area (Å²) in [7, 11) is 0. The lowest BCUT2D eigenvalue weighted by Gasteiger charge is -2.25. The van der Waals surface area contributed by atoms with Gasteiger partial charge in [-0.15, -0.1) is 0 Å². The number of ether oxygens (including phenoxy) is 1. The number of para-hydroxylation sites is 2. The Morgan fingerprint density at radius 3 is 2.73 bits per heavy atom. The molecule has 0 aromatic heterocycles. The van der Waals surface area contributed by atoms with Crippen LogP contribution in [0, 0.1) is 0 Å². The normalized spacial score (nSPS) is 16.3. The van der Waals surface area contributed by atoms with Gasteiger partial charge < -0.3 is 20.7 Å². The van der Waals surface area contributed by atoms with Gasteiger partial charge in [0.2, 0.25) is 11.8 Å². The van der Waals surface area contributed by atoms with Crippen molar-refractivity contribution >= 4 is 23.4 Å². The van der Waals surface area contributed by atoms with Crippen LogP contribution < -0.4 is 20.7 Å². The largest absolute Gasteiger partial charge is 0.478 e. The number of fused-ring (bicyclic) bond motifs is 1. The highest BCUT2D eigenvalue weighted by Gasteiger charge is 2.29. The minimum Gasteiger partial charge on any atom is -0.478 e. The van der Waals surface area contributed by atoms with Gasteiger partial charge in [0.1, 0.15) is 5.75 Å². The van der Waals surface area contributed by atoms with E-state index in [2.05, 4.69) is 16.0 Å². The zero-order valence-corrected chi connectivity index (χ0v) is 12.5. The summed E-state index contributed by atoms with van der Waals surface area (Å²) < 4.78 is 5.51. The Morgan fingerprint density at radius 1 is 1.27 bits per heavy atom. The lowest BCUT2D eigenvalue weighted by atomic mass is 10.1. The Bertz CT molecular complexity index is 586. The van der Waals surface area contributed by atoms with Gasteiger partial charge in [0.25, 0.3) is 5.91 Å². The Kier molecular flexibility index (Phi) is 4.98. The highest BCUT2D eigenvalue weighted by atomic mass is 16.5. The first-order valence-corrected chi connectivity index (χ1v) is 7.08. The summed E-state index contributed by atoms with van der Waals surface area (Å²) in [6, 6.07) is 7.01. The van der Waals surface area contributed by atoms with E-state index in [9.17, 15) is 14.4 Å². The fourth-order valence-corrected chi connectivity index (χ4v) is 2.02. The molecule has 1 atom stereocenters. The molecule has 0 fully saturated rings. The number of anilines is 1. The first-order chi connectivity index (χ1) is 10.5. The van der Waals surface area contributed by atoms with Crippen LogP contribution in [0.25, 0.3) is 0 Å². The SMILES string of the molecule is CC(C)NC(=O)CNC(=O)CC1Oc2ccccc2NC1=O. The van der Waals surface area contributed by atoms with E-state index < -0.39 is 12.0 Å². The zero-order valence-electron chi connectivity index (χ0n) is 12.5. The van der Waals surface area contributed by atoms with Crippen LogP contribution in [-0.2, 0) is 14.4 Å². The van der Waals surface area contributed by atoms with Crippen molar-refractivity contribution in [2.45, 2.75) is 32.4 Å². The fraction of sp³-hybridized carbons (Fsp3) is 0.400. The molecule has 1 aliphatic rings. The fourth-order valence-electron chi connectivity index (χ4n) is 2.02. The van der Waals surface area contributed by atoms with Gasteiger partial charge in [-0.3, -0.25) is 14.4 Å². The highest BCUT2D eigenvalue weighted by molar-refractivity contribution is 6.00. The van der Waals surface area contributed by atoms with E-state index in [4.69, 9.17) is 4.74 Å². The molecular weight excluding hydrogens is 286 g/mol. The number of hydrogen-bond acceptors (Lipinski definition) is 4. The molecule has 1 aromatic carbocycles. The molecule has 1 aromatic rings. The number of amides is 3. The molecule has 0 saturated heterocycles. The van der Waals surface area contributed by atoms with Gasteiger partial charge in [0, 0.05) is 6.04 Å². The van der Waals surface area contributed by atoms with E-state index in [1.807, 2.05) is 13.8 Å². The predicted octanol–water partition coefficient (Wildman–Crippen LogP) is 0.417. The first kappa shape index (κ1) is 15.8. The van der Waals surface area contributed by atoms with E-state index >= 15 is 0 Å². The number of carbonyl (C=O) groups excluding carboxylic acids is 3. The van der Waals surface area contributed by atoms with Crippen LogP contribution in [-0.4, -0.2) is 36.4 Å². The molecule has 1 heterocycles. The summed E-state index contributed by atoms with van der Waals surface area (Å²) in [6.07, 6.45) is -1.04. The van der Waals surface area contributed by atoms with Crippen LogP contribution in [0.2, 0.25) is 0 Å². The van der Waals surface area contributed by atoms with Crippen molar-refractivity contribution in [3.05, 3.63) is 24.3 Å². The number of carbonyl (C=O) groups is 3. The molecule has 0 radical (unpaired) electrons. The van der Waals surface area contributed by atoms with Gasteiger partial charge in [-0.2, -0.15) is 0 Å². The van der Waals surface area contributed by atoms with Gasteiger partial charge in [0.05, 0.1) is 18.7 Å². The van der Waals surface area contributed by atoms with Crippen LogP contribution in [0.1, 0.15) is 20.3 Å². The zero-order chi connectivity index (χ0) is 16.1. The van der Waals surface area contributed by atoms with Crippen molar-refractivity contribution in [2.24, 2.45) is 0 Å². The molecule has 3 amide bonds. The molecule has 0 spiro atoms. The molecule has 118 valence electrons. The second kappa shape index (κ2) is 6.93. The van der Waals surface area contributed by atoms with Crippen molar-refractivity contribution in [3.8, 4) is 5.75 Å². The molecular formula is C15H19N3O4. The van der Waals surface area contributed by atoms with Crippen molar-refractivity contribution in [1.29, 1.82) is 0 Å². The van der Waals surface area contributed by atoms with E-state index in [1.165, 1.54) is 0 Å². The third-order valence-corrected chi connectivity index (χ3v) is 2.97. The molecule has 7 nitrogen and oxygen atoms in total. The van der Waals surface area contributed by atoms with Crippen molar-refractivity contribution in [1.82, 2.24) is 10.6 Å². The Hall–Kier alpha value is -2.57. The van der Waals surface area contributed by atoms with E-state index in [0.717, 1.165) is 0 Å². The average Bonchev–Trinajstić information content (AvgIpc) is 2.45. The van der Waals surface area contributed by atoms with Gasteiger partial charge >= 0.3 is 0 Å². The van der Waals surface area contributed by atoms with Gasteiger partial charge in [-0.25, -0.2) is 0 Å². The minimum absolute atomic E-state index is 0.00774. The standard InChI is InChI=1S/C15H19N3O4/c1-9(2)17-14(20)8-16-13(19)7-12-15(21)18-10-5-3-4-6-11(10)22-12/h3-6,9,12H,7-8H2,1-2H3,(H,16,19)(H,17,20)(H,18,21). The lowest BCUT2D eigenvalue weighted by Crippen LogP contribution is -2.44. The summed E-state index contributed by atoms with van der Waals surface area (Å²) in [5.41, 5.74) is 0.584. The summed E-state index contributed by atoms with van der Waals surface area (Å²) >= 11 is 0. The smallest absolute Gasteiger partial charge is 0.266 e. The van der Waals surface area contributed by atoms with Gasteiger partial charge in [-0.1, -0.05) is 12.1 Å². The topological polar surface area (TPSA) is 96.5 Å². The monoisotopic (exact) mass is 305 g/mol. The quantitative estimate of drug-likeness (QED) is 0.734. The van der Waals surface area contributed by atoms with Gasteiger partial charge in [0.15, 0.2) is 6.10 Å². The second-order valence-electron chi connectivity index (χ2n) is 5.29. The first-order valence-electron chi connectivity index (χ1n) is 7.08. The Balaban J connectivity index is 1.85. The molecule has 3 N–H and O–H groups in total. The van der Waals surface area contributed by atoms with Crippen LogP contribution in [0.15, 0.2) is 24.3 Å². The molecule has 0 aliphatic carbocycles. The van der Waals surface area contributed by atoms with Crippen molar-refractivity contribution < 1.29 is 19.1 Å². The number of nitrogens with one attached hydrogen (secondary N) is 3. The van der Waals surface area contributed by atoms with E-state index in [-0.39, 0.29) is 30.8 Å². The Labute approximate surface area is 128 Å². The molecule has 0 saturated carbocycles. The molecule has 1 aliphatic heterocycles. The van der Waals surface area contributed by atoms with Crippen LogP contribution >= 0.6 is 0 Å². The summed E-state index contributed by atoms with van der Waals surface area (Å²) in [4.78, 5) is 35.1. The number of hydrogen-bond donors (Lipinski definition) is 3. The molecule has 2 rings (SSSR count). The number of benzene rings is 1. The third-order valence-electron chi connectivity index (χ3n) is 2.97. The molecule has 0 bridgehead atoms. The minimum atomic E-state index is -0.900. The lowest BCUT2D eigenvalue weighted by molar-refractivity contribution is -0.131. The van der Waals surface area contributed by atoms with Crippen LogP contribution in [0.3, 0.4) is 0 Å². The predicted molar refractivity (Wildman–Crippen MR) is 80.4 cm³/mol. The number of rotatable bonds is 5. The van der Waals surface area contributed by atoms with E-state index in [0.29, 0.717) is 11.4 Å². The van der Waals surface area contributed by atoms with Crippen LogP contribution in [0.5, 0.6) is 5.75 Å². The Morgan fingerprint density at radius 2 is 2.00 bits per heavy atom. The van der Waals surface area contributed by atoms with Crippen molar-refractivity contribution in [2.75, 3.05) is 11.9 Å². The molecule has 7 heteroatoms.